The minimum Gasteiger partial charge on any atom is -0.489 e. The smallest absolute Gasteiger partial charge is 0.229 e. The molecule has 7 aliphatic heterocycles. The van der Waals surface area contributed by atoms with E-state index in [0.29, 0.717) is 79.0 Å². The number of piperidine rings is 4. The van der Waals surface area contributed by atoms with Crippen LogP contribution in [0.3, 0.4) is 0 Å². The molecule has 4 saturated heterocycles. The number of hydrogen-bond acceptors (Lipinski definition) is 23. The van der Waals surface area contributed by atoms with Crippen molar-refractivity contribution in [2.24, 2.45) is 0 Å². The zero-order valence-electron chi connectivity index (χ0n) is 72.0. The number of anilines is 5. The highest BCUT2D eigenvalue weighted by atomic mass is 79.9. The summed E-state index contributed by atoms with van der Waals surface area (Å²) in [5.41, 5.74) is 8.80. The molecule has 7 aliphatic rings. The van der Waals surface area contributed by atoms with Crippen molar-refractivity contribution < 1.29 is 45.7 Å². The van der Waals surface area contributed by atoms with E-state index >= 15 is 8.78 Å². The van der Waals surface area contributed by atoms with Gasteiger partial charge in [0.05, 0.1) is 59.8 Å². The molecule has 19 rings (SSSR count). The van der Waals surface area contributed by atoms with Gasteiger partial charge in [0, 0.05) is 105 Å². The SMILES string of the molecule is CC1(C)CCc2nc3c(F)cc(-c4nc(N)ncc4F)cc3n21.CCN1CCC(O)CC1.CCN1CCC(Oc2ccc(Br)nc2)CC1.CCN1CCC(Oc2ccc(Nc3ncc(F)c(-c4cc(F)c5nc6n(c5c4)C(C)(C)CC6)n3)nc2)CC1.CCN1CCC(Oc2ccc(Nc3ncc(F)c(-c4cc(F)c5nc6n(c5c4)C(C)(C)CC6)n3)nc2)CC1. The summed E-state index contributed by atoms with van der Waals surface area (Å²) in [6, 6.07) is 20.1. The molecule has 0 amide bonds. The summed E-state index contributed by atoms with van der Waals surface area (Å²) < 4.78 is 113. The first kappa shape index (κ1) is 88.3. The van der Waals surface area contributed by atoms with Crippen LogP contribution >= 0.6 is 15.9 Å². The maximum absolute atomic E-state index is 15.1. The number of fused-ring (bicyclic) bond motifs is 9. The Balaban J connectivity index is 0.000000129. The predicted octanol–water partition coefficient (Wildman–Crippen LogP) is 17.1. The number of likely N-dealkylation sites (tertiary alicyclic amines) is 4. The van der Waals surface area contributed by atoms with E-state index in [2.05, 4.69) is 175 Å². The van der Waals surface area contributed by atoms with Crippen LogP contribution in [0.2, 0.25) is 0 Å². The molecular formula is C91H109BrF6N22O4. The van der Waals surface area contributed by atoms with E-state index in [1.165, 1.54) is 18.2 Å². The van der Waals surface area contributed by atoms with Crippen LogP contribution < -0.4 is 30.6 Å². The van der Waals surface area contributed by atoms with Gasteiger partial charge in [0.1, 0.15) is 103 Å². The maximum atomic E-state index is 15.1. The Morgan fingerprint density at radius 2 is 0.710 bits per heavy atom. The minimum atomic E-state index is -0.640. The number of benzene rings is 3. The van der Waals surface area contributed by atoms with Gasteiger partial charge in [-0.25, -0.2) is 86.2 Å². The van der Waals surface area contributed by atoms with Gasteiger partial charge < -0.3 is 69.0 Å². The predicted molar refractivity (Wildman–Crippen MR) is 471 cm³/mol. The number of imidazole rings is 3. The van der Waals surface area contributed by atoms with E-state index in [9.17, 15) is 17.6 Å². The van der Waals surface area contributed by atoms with Gasteiger partial charge in [0.25, 0.3) is 0 Å². The number of nitrogen functional groups attached to an aromatic ring is 1. The highest BCUT2D eigenvalue weighted by Crippen LogP contribution is 2.42. The fourth-order valence-electron chi connectivity index (χ4n) is 17.5. The Morgan fingerprint density at radius 3 is 1.02 bits per heavy atom. The topological polar surface area (TPSA) is 280 Å². The Hall–Kier alpha value is -10.6. The first-order chi connectivity index (χ1) is 59.6. The monoisotopic (exact) mass is 1770 g/mol. The fraction of sp³-hybridized carbons (Fsp3) is 0.473. The number of aliphatic hydroxyl groups is 1. The average molecular weight is 1770 g/mol. The summed E-state index contributed by atoms with van der Waals surface area (Å²) in [5, 5.41) is 15.1. The van der Waals surface area contributed by atoms with Gasteiger partial charge in [-0.15, -0.1) is 0 Å². The van der Waals surface area contributed by atoms with E-state index in [1.54, 1.807) is 48.9 Å². The molecule has 656 valence electrons. The molecule has 26 nitrogen and oxygen atoms in total. The molecule has 16 heterocycles. The standard InChI is InChI=1S/2C28H31F2N7O.C16H15F2N5.C12H17BrN2O.C7H15NO/c2*1-4-36-11-8-18(9-12-36)38-19-5-6-23(31-15-19)33-27-32-16-21(30)25(35-27)17-13-20(29)26-22(14-17)37-24(34-26)7-10-28(37,2)3;1-16(2)4-3-12-21-14-9(17)5-8(6-11(14)23(12)16)13-10(18)7-20-15(19)22-13;1-2-15-7-5-10(6-8-15)16-11-3-4-12(13)14-9-11;1-2-8-5-3-7(9)4-6-8/h2*5-6,13-16,18H,4,7-12H2,1-3H3,(H,31,32,33,35);5-7H,3-4H2,1-2H3,(H2,19,20,22);3-4,9-10H,2,5-8H2,1H3;7,9H,2-6H2,1H3. The third kappa shape index (κ3) is 20.3. The number of aliphatic hydroxyl groups excluding tert-OH is 1. The van der Waals surface area contributed by atoms with Gasteiger partial charge in [-0.3, -0.25) is 0 Å². The number of pyridine rings is 3. The van der Waals surface area contributed by atoms with Crippen molar-refractivity contribution in [3.05, 3.63) is 167 Å². The number of aryl methyl sites for hydroxylation is 3. The van der Waals surface area contributed by atoms with Crippen LogP contribution in [0.4, 0.5) is 55.8 Å². The van der Waals surface area contributed by atoms with E-state index in [-0.39, 0.29) is 69.9 Å². The van der Waals surface area contributed by atoms with Gasteiger partial charge in [0.2, 0.25) is 17.8 Å². The van der Waals surface area contributed by atoms with Gasteiger partial charge in [0.15, 0.2) is 34.9 Å². The quantitative estimate of drug-likeness (QED) is 0.0487. The molecule has 33 heteroatoms. The van der Waals surface area contributed by atoms with Crippen LogP contribution in [-0.2, 0) is 35.9 Å². The molecule has 0 bridgehead atoms. The van der Waals surface area contributed by atoms with E-state index in [0.717, 1.165) is 215 Å². The van der Waals surface area contributed by atoms with Gasteiger partial charge in [-0.05, 0) is 227 Å². The van der Waals surface area contributed by atoms with Crippen molar-refractivity contribution in [3.63, 3.8) is 0 Å². The lowest BCUT2D eigenvalue weighted by molar-refractivity contribution is 0.0852. The zero-order chi connectivity index (χ0) is 87.3. The van der Waals surface area contributed by atoms with Gasteiger partial charge >= 0.3 is 0 Å². The Labute approximate surface area is 726 Å². The summed E-state index contributed by atoms with van der Waals surface area (Å²) in [6.45, 7) is 34.3. The number of nitrogens with two attached hydrogens (primary N) is 1. The first-order valence-corrected chi connectivity index (χ1v) is 44.0. The fourth-order valence-corrected chi connectivity index (χ4v) is 17.7. The largest absolute Gasteiger partial charge is 0.489 e. The zero-order valence-corrected chi connectivity index (χ0v) is 73.6. The number of aromatic nitrogens is 15. The molecule has 0 saturated carbocycles. The third-order valence-electron chi connectivity index (χ3n) is 24.6. The second kappa shape index (κ2) is 38.1. The molecule has 3 aromatic carbocycles. The van der Waals surface area contributed by atoms with Crippen molar-refractivity contribution in [1.82, 2.24) is 93.1 Å². The molecule has 0 radical (unpaired) electrons. The molecule has 124 heavy (non-hydrogen) atoms. The van der Waals surface area contributed by atoms with E-state index in [4.69, 9.17) is 25.1 Å². The summed E-state index contributed by atoms with van der Waals surface area (Å²) in [7, 11) is 0. The lowest BCUT2D eigenvalue weighted by Gasteiger charge is -2.31. The lowest BCUT2D eigenvalue weighted by Crippen LogP contribution is -2.37. The van der Waals surface area contributed by atoms with Crippen molar-refractivity contribution in [3.8, 4) is 51.0 Å². The number of hydrogen-bond donors (Lipinski definition) is 4. The number of nitrogens with one attached hydrogen (secondary N) is 2. The van der Waals surface area contributed by atoms with Crippen LogP contribution in [0.5, 0.6) is 17.2 Å². The molecular weight excluding hydrogens is 1660 g/mol. The van der Waals surface area contributed by atoms with E-state index in [1.807, 2.05) is 38.0 Å². The van der Waals surface area contributed by atoms with Gasteiger partial charge in [-0.1, -0.05) is 27.7 Å². The van der Waals surface area contributed by atoms with Crippen molar-refractivity contribution >= 4 is 78.5 Å². The summed E-state index contributed by atoms with van der Waals surface area (Å²) in [6.07, 6.45) is 22.2. The molecule has 5 N–H and O–H groups in total. The molecule has 0 spiro atoms. The van der Waals surface area contributed by atoms with Gasteiger partial charge in [-0.2, -0.15) is 0 Å². The van der Waals surface area contributed by atoms with E-state index < -0.39 is 34.9 Å². The maximum Gasteiger partial charge on any atom is 0.229 e. The van der Waals surface area contributed by atoms with Crippen molar-refractivity contribution in [2.45, 2.75) is 200 Å². The molecule has 0 aliphatic carbocycles. The summed E-state index contributed by atoms with van der Waals surface area (Å²) in [4.78, 5) is 60.4. The highest BCUT2D eigenvalue weighted by molar-refractivity contribution is 9.10. The van der Waals surface area contributed by atoms with Crippen molar-refractivity contribution in [2.75, 3.05) is 94.9 Å². The number of halogens is 7. The van der Waals surface area contributed by atoms with Crippen LogP contribution in [-0.4, -0.2) is 201 Å². The van der Waals surface area contributed by atoms with Crippen LogP contribution in [0.25, 0.3) is 66.9 Å². The van der Waals surface area contributed by atoms with Crippen LogP contribution in [0.15, 0.2) is 115 Å². The minimum absolute atomic E-state index is 0.00743. The molecule has 12 aromatic rings. The normalized spacial score (nSPS) is 18.0. The third-order valence-corrected chi connectivity index (χ3v) is 25.1. The second-order valence-electron chi connectivity index (χ2n) is 34.5. The number of ether oxygens (including phenoxy) is 3. The molecule has 9 aromatic heterocycles. The molecule has 0 unspecified atom stereocenters. The Morgan fingerprint density at radius 1 is 0.395 bits per heavy atom. The average Bonchev–Trinajstić information content (AvgIpc) is 1.60. The van der Waals surface area contributed by atoms with Crippen LogP contribution in [0, 0.1) is 34.9 Å². The highest BCUT2D eigenvalue weighted by Gasteiger charge is 2.37. The van der Waals surface area contributed by atoms with Crippen molar-refractivity contribution in [1.29, 1.82) is 0 Å². The first-order valence-electron chi connectivity index (χ1n) is 43.2. The number of rotatable bonds is 17. The molecule has 0 atom stereocenters. The Kier molecular flexibility index (Phi) is 27.1. The molecule has 4 fully saturated rings. The lowest BCUT2D eigenvalue weighted by atomic mass is 10.0. The van der Waals surface area contributed by atoms with Crippen LogP contribution in [0.1, 0.15) is 157 Å². The Bertz CT molecular complexity index is 5480. The number of nitrogens with zero attached hydrogens (tertiary/aromatic N) is 19. The second-order valence-corrected chi connectivity index (χ2v) is 35.3. The summed E-state index contributed by atoms with van der Waals surface area (Å²) >= 11 is 3.31. The summed E-state index contributed by atoms with van der Waals surface area (Å²) in [5.74, 6) is 2.66.